The van der Waals surface area contributed by atoms with Crippen molar-refractivity contribution in [3.8, 4) is 5.75 Å². The fourth-order valence-electron chi connectivity index (χ4n) is 3.45. The van der Waals surface area contributed by atoms with Crippen molar-refractivity contribution in [1.29, 1.82) is 0 Å². The Bertz CT molecular complexity index is 1010. The Hall–Kier alpha value is -3.46. The summed E-state index contributed by atoms with van der Waals surface area (Å²) in [4.78, 5) is 38.8. The minimum absolute atomic E-state index is 0.0407. The van der Waals surface area contributed by atoms with Gasteiger partial charge in [-0.15, -0.1) is 0 Å². The fourth-order valence-corrected chi connectivity index (χ4v) is 3.59. The van der Waals surface area contributed by atoms with E-state index in [4.69, 9.17) is 17.0 Å². The van der Waals surface area contributed by atoms with Crippen molar-refractivity contribution >= 4 is 35.1 Å². The molecule has 2 aromatic rings. The normalized spacial score (nSPS) is 15.2. The van der Waals surface area contributed by atoms with Crippen LogP contribution >= 0.6 is 12.2 Å². The summed E-state index contributed by atoms with van der Waals surface area (Å²) in [6.45, 7) is 5.67. The van der Waals surface area contributed by atoms with Gasteiger partial charge in [0.15, 0.2) is 5.11 Å². The number of nitrogens with zero attached hydrogens (tertiary/aromatic N) is 1. The molecule has 1 atom stereocenters. The van der Waals surface area contributed by atoms with Gasteiger partial charge in [0.2, 0.25) is 11.8 Å². The molecule has 180 valence electrons. The molecule has 1 heterocycles. The third-order valence-electron chi connectivity index (χ3n) is 5.41. The van der Waals surface area contributed by atoms with Crippen molar-refractivity contribution in [2.75, 3.05) is 13.2 Å². The van der Waals surface area contributed by atoms with E-state index in [9.17, 15) is 14.4 Å². The van der Waals surface area contributed by atoms with E-state index in [0.29, 0.717) is 36.9 Å². The summed E-state index contributed by atoms with van der Waals surface area (Å²) in [7, 11) is 0. The summed E-state index contributed by atoms with van der Waals surface area (Å²) in [6.07, 6.45) is 1.08. The van der Waals surface area contributed by atoms with Crippen LogP contribution in [0.3, 0.4) is 0 Å². The third kappa shape index (κ3) is 7.55. The predicted octanol–water partition coefficient (Wildman–Crippen LogP) is 2.80. The number of carbonyl (C=O) groups excluding carboxylic acids is 3. The van der Waals surface area contributed by atoms with E-state index in [0.717, 1.165) is 12.0 Å². The monoisotopic (exact) mass is 482 g/mol. The van der Waals surface area contributed by atoms with Crippen LogP contribution in [0.25, 0.3) is 0 Å². The van der Waals surface area contributed by atoms with Crippen molar-refractivity contribution in [3.05, 3.63) is 65.7 Å². The van der Waals surface area contributed by atoms with Crippen LogP contribution in [0.15, 0.2) is 54.6 Å². The lowest BCUT2D eigenvalue weighted by molar-refractivity contribution is -0.129. The maximum absolute atomic E-state index is 12.5. The Morgan fingerprint density at radius 3 is 2.47 bits per heavy atom. The molecule has 1 aliphatic heterocycles. The molecule has 1 aliphatic rings. The van der Waals surface area contributed by atoms with Crippen LogP contribution in [0.2, 0.25) is 0 Å². The van der Waals surface area contributed by atoms with Gasteiger partial charge in [-0.25, -0.2) is 0 Å². The molecule has 0 aromatic heterocycles. The van der Waals surface area contributed by atoms with Crippen molar-refractivity contribution in [3.63, 3.8) is 0 Å². The lowest BCUT2D eigenvalue weighted by atomic mass is 10.1. The first-order valence-corrected chi connectivity index (χ1v) is 11.7. The number of thiocarbonyl (C=S) groups is 1. The number of carbonyl (C=O) groups is 3. The van der Waals surface area contributed by atoms with Crippen LogP contribution in [0, 0.1) is 11.8 Å². The van der Waals surface area contributed by atoms with E-state index in [-0.39, 0.29) is 23.3 Å². The maximum atomic E-state index is 12.5. The molecule has 1 fully saturated rings. The highest BCUT2D eigenvalue weighted by molar-refractivity contribution is 7.80. The van der Waals surface area contributed by atoms with Gasteiger partial charge in [-0.2, -0.15) is 0 Å². The van der Waals surface area contributed by atoms with E-state index in [1.165, 1.54) is 0 Å². The molecule has 1 saturated heterocycles. The van der Waals surface area contributed by atoms with E-state index < -0.39 is 11.8 Å². The second kappa shape index (κ2) is 12.1. The first-order chi connectivity index (χ1) is 16.3. The minimum Gasteiger partial charge on any atom is -0.494 e. The van der Waals surface area contributed by atoms with Gasteiger partial charge in [0.25, 0.3) is 5.91 Å². The molecule has 0 spiro atoms. The standard InChI is InChI=1S/C25H30N4O4S/c1-17(2)12-13-33-21-10-8-19(9-11-21)23(31)26-25(34)28-27-24(32)20-14-22(30)29(16-20)15-18-6-4-3-5-7-18/h3-11,17,20H,12-16H2,1-2H3,(H,27,32)(H2,26,28,31,34). The summed E-state index contributed by atoms with van der Waals surface area (Å²) < 4.78 is 5.65. The van der Waals surface area contributed by atoms with Crippen LogP contribution in [-0.2, 0) is 16.1 Å². The molecule has 0 radical (unpaired) electrons. The minimum atomic E-state index is -0.495. The molecular formula is C25H30N4O4S. The van der Waals surface area contributed by atoms with Crippen LogP contribution in [0.1, 0.15) is 42.6 Å². The number of hydrogen-bond acceptors (Lipinski definition) is 5. The fraction of sp³-hybridized carbons (Fsp3) is 0.360. The zero-order chi connectivity index (χ0) is 24.5. The average Bonchev–Trinajstić information content (AvgIpc) is 3.18. The lowest BCUT2D eigenvalue weighted by Gasteiger charge is -2.17. The molecule has 0 saturated carbocycles. The zero-order valence-electron chi connectivity index (χ0n) is 19.4. The molecule has 3 rings (SSSR count). The number of rotatable bonds is 8. The zero-order valence-corrected chi connectivity index (χ0v) is 20.2. The molecule has 2 aromatic carbocycles. The van der Waals surface area contributed by atoms with Crippen LogP contribution in [-0.4, -0.2) is 40.9 Å². The van der Waals surface area contributed by atoms with Crippen molar-refractivity contribution in [2.45, 2.75) is 33.2 Å². The van der Waals surface area contributed by atoms with Crippen molar-refractivity contribution < 1.29 is 19.1 Å². The van der Waals surface area contributed by atoms with Crippen LogP contribution < -0.4 is 20.9 Å². The van der Waals surface area contributed by atoms with Gasteiger partial charge in [-0.05, 0) is 54.4 Å². The highest BCUT2D eigenvalue weighted by atomic mass is 32.1. The van der Waals surface area contributed by atoms with Gasteiger partial charge < -0.3 is 9.64 Å². The molecule has 0 aliphatic carbocycles. The van der Waals surface area contributed by atoms with E-state index in [2.05, 4.69) is 30.0 Å². The van der Waals surface area contributed by atoms with E-state index in [1.807, 2.05) is 30.3 Å². The maximum Gasteiger partial charge on any atom is 0.257 e. The molecule has 1 unspecified atom stereocenters. The molecule has 34 heavy (non-hydrogen) atoms. The Kier molecular flexibility index (Phi) is 8.98. The molecule has 8 nitrogen and oxygen atoms in total. The number of hydrogen-bond donors (Lipinski definition) is 3. The third-order valence-corrected chi connectivity index (χ3v) is 5.61. The molecule has 3 N–H and O–H groups in total. The predicted molar refractivity (Wildman–Crippen MR) is 133 cm³/mol. The number of hydrazine groups is 1. The van der Waals surface area contributed by atoms with Crippen LogP contribution in [0.5, 0.6) is 5.75 Å². The highest BCUT2D eigenvalue weighted by Gasteiger charge is 2.34. The quantitative estimate of drug-likeness (QED) is 0.395. The summed E-state index contributed by atoms with van der Waals surface area (Å²) in [6, 6.07) is 16.4. The topological polar surface area (TPSA) is 99.8 Å². The molecule has 9 heteroatoms. The largest absolute Gasteiger partial charge is 0.494 e. The summed E-state index contributed by atoms with van der Waals surface area (Å²) in [5.41, 5.74) is 6.43. The lowest BCUT2D eigenvalue weighted by Crippen LogP contribution is -2.50. The van der Waals surface area contributed by atoms with Gasteiger partial charge in [0.1, 0.15) is 5.75 Å². The van der Waals surface area contributed by atoms with Gasteiger partial charge in [-0.3, -0.25) is 30.6 Å². The number of amides is 3. The first kappa shape index (κ1) is 25.2. The second-order valence-corrected chi connectivity index (χ2v) is 9.02. The number of ether oxygens (including phenoxy) is 1. The van der Waals surface area contributed by atoms with Crippen molar-refractivity contribution in [2.24, 2.45) is 11.8 Å². The van der Waals surface area contributed by atoms with Gasteiger partial charge in [0, 0.05) is 25.1 Å². The smallest absolute Gasteiger partial charge is 0.257 e. The van der Waals surface area contributed by atoms with Crippen molar-refractivity contribution in [1.82, 2.24) is 21.1 Å². The number of benzene rings is 2. The first-order valence-electron chi connectivity index (χ1n) is 11.3. The van der Waals surface area contributed by atoms with E-state index >= 15 is 0 Å². The van der Waals surface area contributed by atoms with Gasteiger partial charge in [-0.1, -0.05) is 44.2 Å². The number of nitrogens with one attached hydrogen (secondary N) is 3. The van der Waals surface area contributed by atoms with E-state index in [1.54, 1.807) is 29.2 Å². The summed E-state index contributed by atoms with van der Waals surface area (Å²) in [5.74, 6) is -0.0880. The molecular weight excluding hydrogens is 452 g/mol. The Morgan fingerprint density at radius 2 is 1.79 bits per heavy atom. The molecule has 0 bridgehead atoms. The van der Waals surface area contributed by atoms with Gasteiger partial charge in [0.05, 0.1) is 12.5 Å². The number of likely N-dealkylation sites (tertiary alicyclic amines) is 1. The Balaban J connectivity index is 1.40. The summed E-state index contributed by atoms with van der Waals surface area (Å²) in [5, 5.41) is 2.48. The Morgan fingerprint density at radius 1 is 1.09 bits per heavy atom. The second-order valence-electron chi connectivity index (χ2n) is 8.61. The SMILES string of the molecule is CC(C)CCOc1ccc(C(=O)NC(=S)NNC(=O)C2CC(=O)N(Cc3ccccc3)C2)cc1. The molecule has 3 amide bonds. The van der Waals surface area contributed by atoms with Gasteiger partial charge >= 0.3 is 0 Å². The Labute approximate surface area is 205 Å². The average molecular weight is 483 g/mol. The summed E-state index contributed by atoms with van der Waals surface area (Å²) >= 11 is 5.10. The highest BCUT2D eigenvalue weighted by Crippen LogP contribution is 2.20. The van der Waals surface area contributed by atoms with Crippen LogP contribution in [0.4, 0.5) is 0 Å².